The molecule has 76 valence electrons. The molecule has 0 heterocycles. The zero-order valence-corrected chi connectivity index (χ0v) is 9.41. The molecule has 0 bridgehead atoms. The van der Waals surface area contributed by atoms with Gasteiger partial charge in [0.1, 0.15) is 0 Å². The maximum atomic E-state index is 5.62. The Labute approximate surface area is 87.1 Å². The topological polar surface area (TPSA) is 26.0 Å². The predicted octanol–water partition coefficient (Wildman–Crippen LogP) is 3.27. The molecule has 0 aliphatic heterocycles. The van der Waals surface area contributed by atoms with Crippen LogP contribution in [0.4, 0.5) is 0 Å². The molecule has 2 N–H and O–H groups in total. The largest absolute Gasteiger partial charge is 0.393 e. The molecule has 0 radical (unpaired) electrons. The van der Waals surface area contributed by atoms with Crippen LogP contribution in [-0.4, -0.2) is 4.99 Å². The lowest BCUT2D eigenvalue weighted by Crippen LogP contribution is -2.20. The Balaban J connectivity index is 2.29. The summed E-state index contributed by atoms with van der Waals surface area (Å²) in [6.45, 7) is 2.16. The summed E-state index contributed by atoms with van der Waals surface area (Å²) >= 11 is 5.00. The first-order chi connectivity index (χ1) is 6.20. The third-order valence-corrected chi connectivity index (χ3v) is 3.55. The Morgan fingerprint density at radius 3 is 2.31 bits per heavy atom. The van der Waals surface area contributed by atoms with Crippen LogP contribution < -0.4 is 5.73 Å². The summed E-state index contributed by atoms with van der Waals surface area (Å²) in [5.41, 5.74) is 5.62. The van der Waals surface area contributed by atoms with Crippen LogP contribution in [-0.2, 0) is 0 Å². The van der Waals surface area contributed by atoms with Gasteiger partial charge in [-0.2, -0.15) is 0 Å². The second kappa shape index (κ2) is 5.58. The highest BCUT2D eigenvalue weighted by atomic mass is 32.1. The van der Waals surface area contributed by atoms with Crippen molar-refractivity contribution in [1.29, 1.82) is 0 Å². The van der Waals surface area contributed by atoms with Gasteiger partial charge in [0.05, 0.1) is 4.99 Å². The zero-order chi connectivity index (χ0) is 9.68. The molecule has 13 heavy (non-hydrogen) atoms. The third kappa shape index (κ3) is 4.08. The molecule has 0 amide bonds. The summed E-state index contributed by atoms with van der Waals surface area (Å²) in [6.07, 6.45) is 9.69. The molecule has 1 atom stereocenters. The van der Waals surface area contributed by atoms with Crippen molar-refractivity contribution in [2.75, 3.05) is 0 Å². The van der Waals surface area contributed by atoms with Crippen molar-refractivity contribution in [3.8, 4) is 0 Å². The first-order valence-electron chi connectivity index (χ1n) is 5.49. The van der Waals surface area contributed by atoms with Gasteiger partial charge in [0, 0.05) is 5.92 Å². The second-order valence-corrected chi connectivity index (χ2v) is 4.87. The molecular weight excluding hydrogens is 178 g/mol. The van der Waals surface area contributed by atoms with Gasteiger partial charge in [-0.3, -0.25) is 0 Å². The molecule has 1 rings (SSSR count). The van der Waals surface area contributed by atoms with Crippen LogP contribution in [0.3, 0.4) is 0 Å². The van der Waals surface area contributed by atoms with Crippen LogP contribution in [0.5, 0.6) is 0 Å². The SMILES string of the molecule is CC(CC1CCCCCC1)C(N)=S. The summed E-state index contributed by atoms with van der Waals surface area (Å²) in [4.78, 5) is 0.698. The lowest BCUT2D eigenvalue weighted by molar-refractivity contribution is 0.397. The van der Waals surface area contributed by atoms with E-state index in [9.17, 15) is 0 Å². The van der Waals surface area contributed by atoms with E-state index in [1.54, 1.807) is 0 Å². The maximum absolute atomic E-state index is 5.62. The van der Waals surface area contributed by atoms with Gasteiger partial charge in [0.25, 0.3) is 0 Å². The van der Waals surface area contributed by atoms with Crippen molar-refractivity contribution in [2.45, 2.75) is 51.9 Å². The second-order valence-electron chi connectivity index (χ2n) is 4.40. The first-order valence-corrected chi connectivity index (χ1v) is 5.90. The van der Waals surface area contributed by atoms with E-state index in [4.69, 9.17) is 18.0 Å². The van der Waals surface area contributed by atoms with E-state index in [1.807, 2.05) is 0 Å². The summed E-state index contributed by atoms with van der Waals surface area (Å²) in [7, 11) is 0. The average molecular weight is 199 g/mol. The van der Waals surface area contributed by atoms with Crippen molar-refractivity contribution in [2.24, 2.45) is 17.6 Å². The van der Waals surface area contributed by atoms with Crippen molar-refractivity contribution in [1.82, 2.24) is 0 Å². The lowest BCUT2D eigenvalue weighted by atomic mass is 9.90. The van der Waals surface area contributed by atoms with Crippen LogP contribution in [0, 0.1) is 11.8 Å². The average Bonchev–Trinajstić information content (AvgIpc) is 2.32. The zero-order valence-electron chi connectivity index (χ0n) is 8.59. The fraction of sp³-hybridized carbons (Fsp3) is 0.909. The van der Waals surface area contributed by atoms with Crippen LogP contribution in [0.25, 0.3) is 0 Å². The van der Waals surface area contributed by atoms with Crippen LogP contribution in [0.2, 0.25) is 0 Å². The van der Waals surface area contributed by atoms with Gasteiger partial charge in [-0.25, -0.2) is 0 Å². The Morgan fingerprint density at radius 2 is 1.85 bits per heavy atom. The Morgan fingerprint density at radius 1 is 1.31 bits per heavy atom. The van der Waals surface area contributed by atoms with Gasteiger partial charge in [-0.15, -0.1) is 0 Å². The quantitative estimate of drug-likeness (QED) is 0.557. The van der Waals surface area contributed by atoms with Crippen LogP contribution >= 0.6 is 12.2 Å². The normalized spacial score (nSPS) is 22.2. The van der Waals surface area contributed by atoms with Crippen molar-refractivity contribution >= 4 is 17.2 Å². The number of nitrogens with two attached hydrogens (primary N) is 1. The molecule has 1 aliphatic carbocycles. The standard InChI is InChI=1S/C11H21NS/c1-9(11(12)13)8-10-6-4-2-3-5-7-10/h9-10H,2-8H2,1H3,(H2,12,13). The fourth-order valence-electron chi connectivity index (χ4n) is 2.22. The maximum Gasteiger partial charge on any atom is 0.0756 e. The molecule has 1 nitrogen and oxygen atoms in total. The Bertz CT molecular complexity index is 159. The molecule has 1 saturated carbocycles. The van der Waals surface area contributed by atoms with Gasteiger partial charge < -0.3 is 5.73 Å². The summed E-state index contributed by atoms with van der Waals surface area (Å²) in [6, 6.07) is 0. The summed E-state index contributed by atoms with van der Waals surface area (Å²) < 4.78 is 0. The molecule has 1 fully saturated rings. The number of thiocarbonyl (C=S) groups is 1. The van der Waals surface area contributed by atoms with Gasteiger partial charge >= 0.3 is 0 Å². The van der Waals surface area contributed by atoms with Gasteiger partial charge in [-0.05, 0) is 12.3 Å². The van der Waals surface area contributed by atoms with Gasteiger partial charge in [0.15, 0.2) is 0 Å². The predicted molar refractivity (Wildman–Crippen MR) is 61.8 cm³/mol. The molecular formula is C11H21NS. The highest BCUT2D eigenvalue weighted by molar-refractivity contribution is 7.80. The fourth-order valence-corrected chi connectivity index (χ4v) is 2.31. The van der Waals surface area contributed by atoms with E-state index in [1.165, 1.54) is 44.9 Å². The van der Waals surface area contributed by atoms with E-state index < -0.39 is 0 Å². The van der Waals surface area contributed by atoms with E-state index in [0.29, 0.717) is 10.9 Å². The smallest absolute Gasteiger partial charge is 0.0756 e. The molecule has 0 aromatic heterocycles. The number of hydrogen-bond donors (Lipinski definition) is 1. The Kier molecular flexibility index (Phi) is 4.71. The summed E-state index contributed by atoms with van der Waals surface area (Å²) in [5.74, 6) is 1.33. The van der Waals surface area contributed by atoms with Crippen LogP contribution in [0.1, 0.15) is 51.9 Å². The molecule has 0 aromatic carbocycles. The summed E-state index contributed by atoms with van der Waals surface area (Å²) in [5, 5.41) is 0. The molecule has 1 unspecified atom stereocenters. The first kappa shape index (κ1) is 11.0. The minimum atomic E-state index is 0.443. The van der Waals surface area contributed by atoms with Crippen molar-refractivity contribution < 1.29 is 0 Å². The van der Waals surface area contributed by atoms with Crippen molar-refractivity contribution in [3.63, 3.8) is 0 Å². The monoisotopic (exact) mass is 199 g/mol. The number of rotatable bonds is 3. The van der Waals surface area contributed by atoms with E-state index in [2.05, 4.69) is 6.92 Å². The lowest BCUT2D eigenvalue weighted by Gasteiger charge is -2.18. The molecule has 0 spiro atoms. The van der Waals surface area contributed by atoms with E-state index in [-0.39, 0.29) is 0 Å². The highest BCUT2D eigenvalue weighted by Gasteiger charge is 2.16. The number of hydrogen-bond acceptors (Lipinski definition) is 1. The Hall–Kier alpha value is -0.110. The van der Waals surface area contributed by atoms with Crippen LogP contribution in [0.15, 0.2) is 0 Å². The van der Waals surface area contributed by atoms with Gasteiger partial charge in [0.2, 0.25) is 0 Å². The van der Waals surface area contributed by atoms with E-state index in [0.717, 1.165) is 5.92 Å². The van der Waals surface area contributed by atoms with E-state index >= 15 is 0 Å². The molecule has 0 aromatic rings. The molecule has 2 heteroatoms. The molecule has 1 aliphatic rings. The minimum absolute atomic E-state index is 0.443. The third-order valence-electron chi connectivity index (χ3n) is 3.15. The molecule has 0 saturated heterocycles. The van der Waals surface area contributed by atoms with Gasteiger partial charge in [-0.1, -0.05) is 57.7 Å². The van der Waals surface area contributed by atoms with Crippen molar-refractivity contribution in [3.05, 3.63) is 0 Å². The minimum Gasteiger partial charge on any atom is -0.393 e. The highest BCUT2D eigenvalue weighted by Crippen LogP contribution is 2.28.